The molecule has 94 valence electrons. The van der Waals surface area contributed by atoms with Crippen LogP contribution in [0.15, 0.2) is 11.4 Å². The molecule has 1 saturated carbocycles. The molecule has 0 spiro atoms. The van der Waals surface area contributed by atoms with Crippen molar-refractivity contribution < 1.29 is 4.79 Å². The first-order valence-corrected chi connectivity index (χ1v) is 7.46. The summed E-state index contributed by atoms with van der Waals surface area (Å²) in [7, 11) is 0. The molecule has 2 unspecified atom stereocenters. The molecule has 0 aromatic carbocycles. The van der Waals surface area contributed by atoms with Crippen molar-refractivity contribution in [1.82, 2.24) is 5.32 Å². The molecule has 0 aliphatic heterocycles. The number of hydrogen-bond donors (Lipinski definition) is 1. The highest BCUT2D eigenvalue weighted by Gasteiger charge is 2.22. The molecule has 0 bridgehead atoms. The smallest absolute Gasteiger partial charge is 0.261 e. The molecule has 1 aromatic heterocycles. The summed E-state index contributed by atoms with van der Waals surface area (Å²) in [5, 5.41) is 5.21. The maximum Gasteiger partial charge on any atom is 0.261 e. The Kier molecular flexibility index (Phi) is 4.21. The second kappa shape index (κ2) is 5.67. The van der Waals surface area contributed by atoms with E-state index in [0.29, 0.717) is 6.04 Å². The van der Waals surface area contributed by atoms with Gasteiger partial charge in [-0.05, 0) is 42.2 Å². The minimum atomic E-state index is 0.135. The molecule has 1 aliphatic carbocycles. The van der Waals surface area contributed by atoms with Gasteiger partial charge >= 0.3 is 0 Å². The molecule has 3 heteroatoms. The zero-order valence-corrected chi connectivity index (χ0v) is 11.5. The third kappa shape index (κ3) is 3.09. The summed E-state index contributed by atoms with van der Waals surface area (Å²) in [5.41, 5.74) is 1.18. The van der Waals surface area contributed by atoms with Crippen molar-refractivity contribution in [3.8, 4) is 0 Å². The van der Waals surface area contributed by atoms with Gasteiger partial charge in [-0.3, -0.25) is 4.79 Å². The van der Waals surface area contributed by atoms with E-state index < -0.39 is 0 Å². The molecule has 0 radical (unpaired) electrons. The number of rotatable bonds is 3. The van der Waals surface area contributed by atoms with Crippen molar-refractivity contribution in [3.05, 3.63) is 21.9 Å². The monoisotopic (exact) mass is 251 g/mol. The highest BCUT2D eigenvalue weighted by molar-refractivity contribution is 7.12. The summed E-state index contributed by atoms with van der Waals surface area (Å²) in [5.74, 6) is 0.888. The normalized spacial score (nSPS) is 24.6. The number of hydrogen-bond acceptors (Lipinski definition) is 2. The number of amides is 1. The van der Waals surface area contributed by atoms with Gasteiger partial charge in [-0.15, -0.1) is 11.3 Å². The summed E-state index contributed by atoms with van der Waals surface area (Å²) in [6.07, 6.45) is 5.78. The quantitative estimate of drug-likeness (QED) is 0.873. The van der Waals surface area contributed by atoms with Crippen LogP contribution in [0.3, 0.4) is 0 Å². The van der Waals surface area contributed by atoms with Crippen LogP contribution >= 0.6 is 11.3 Å². The van der Waals surface area contributed by atoms with Crippen molar-refractivity contribution in [3.63, 3.8) is 0 Å². The Bertz CT molecular complexity index is 385. The summed E-state index contributed by atoms with van der Waals surface area (Å²) < 4.78 is 0. The van der Waals surface area contributed by atoms with Crippen LogP contribution in [0, 0.1) is 5.92 Å². The molecule has 2 nitrogen and oxygen atoms in total. The van der Waals surface area contributed by atoms with Gasteiger partial charge in [-0.25, -0.2) is 0 Å². The first-order valence-electron chi connectivity index (χ1n) is 6.58. The number of carbonyl (C=O) groups is 1. The molecule has 1 amide bonds. The molecular formula is C14H21NOS. The Hall–Kier alpha value is -0.830. The van der Waals surface area contributed by atoms with Gasteiger partial charge in [0.1, 0.15) is 0 Å². The van der Waals surface area contributed by atoms with E-state index in [1.54, 1.807) is 11.3 Å². The van der Waals surface area contributed by atoms with Crippen LogP contribution in [-0.4, -0.2) is 11.9 Å². The lowest BCUT2D eigenvalue weighted by Gasteiger charge is -2.27. The molecule has 1 aliphatic rings. The maximum atomic E-state index is 12.2. The van der Waals surface area contributed by atoms with E-state index in [1.165, 1.54) is 18.4 Å². The number of carbonyl (C=O) groups excluding carboxylic acids is 1. The first-order chi connectivity index (χ1) is 8.20. The minimum Gasteiger partial charge on any atom is -0.349 e. The van der Waals surface area contributed by atoms with Crippen LogP contribution in [-0.2, 0) is 6.42 Å². The van der Waals surface area contributed by atoms with Gasteiger partial charge in [-0.1, -0.05) is 26.7 Å². The molecule has 1 heterocycles. The summed E-state index contributed by atoms with van der Waals surface area (Å²) >= 11 is 1.56. The fourth-order valence-corrected chi connectivity index (χ4v) is 3.53. The van der Waals surface area contributed by atoms with E-state index in [1.807, 2.05) is 5.38 Å². The molecule has 2 rings (SSSR count). The lowest BCUT2D eigenvalue weighted by molar-refractivity contribution is 0.0924. The summed E-state index contributed by atoms with van der Waals surface area (Å²) in [6.45, 7) is 4.38. The van der Waals surface area contributed by atoms with Gasteiger partial charge in [-0.2, -0.15) is 0 Å². The van der Waals surface area contributed by atoms with Crippen LogP contribution in [0.2, 0.25) is 0 Å². The van der Waals surface area contributed by atoms with E-state index in [9.17, 15) is 4.79 Å². The van der Waals surface area contributed by atoms with Crippen molar-refractivity contribution in [2.24, 2.45) is 5.92 Å². The minimum absolute atomic E-state index is 0.135. The number of thiophene rings is 1. The van der Waals surface area contributed by atoms with Crippen molar-refractivity contribution >= 4 is 17.2 Å². The van der Waals surface area contributed by atoms with E-state index >= 15 is 0 Å². The van der Waals surface area contributed by atoms with E-state index in [2.05, 4.69) is 25.2 Å². The van der Waals surface area contributed by atoms with Crippen LogP contribution in [0.1, 0.15) is 54.8 Å². The largest absolute Gasteiger partial charge is 0.349 e. The van der Waals surface area contributed by atoms with Crippen molar-refractivity contribution in [2.45, 2.75) is 52.0 Å². The molecule has 0 saturated heterocycles. The van der Waals surface area contributed by atoms with Crippen LogP contribution in [0.5, 0.6) is 0 Å². The maximum absolute atomic E-state index is 12.2. The molecule has 17 heavy (non-hydrogen) atoms. The average molecular weight is 251 g/mol. The highest BCUT2D eigenvalue weighted by Crippen LogP contribution is 2.24. The second-order valence-electron chi connectivity index (χ2n) is 5.07. The van der Waals surface area contributed by atoms with Crippen LogP contribution in [0.4, 0.5) is 0 Å². The fraction of sp³-hybridized carbons (Fsp3) is 0.643. The topological polar surface area (TPSA) is 29.1 Å². The SMILES string of the molecule is CCc1ccsc1C(=O)NC1CCCC(C)C1. The highest BCUT2D eigenvalue weighted by atomic mass is 32.1. The van der Waals surface area contributed by atoms with Crippen molar-refractivity contribution in [2.75, 3.05) is 0 Å². The zero-order chi connectivity index (χ0) is 12.3. The van der Waals surface area contributed by atoms with E-state index in [4.69, 9.17) is 0 Å². The van der Waals surface area contributed by atoms with Crippen LogP contribution < -0.4 is 5.32 Å². The predicted octanol–water partition coefficient (Wildman–Crippen LogP) is 3.62. The number of aryl methyl sites for hydroxylation is 1. The Morgan fingerprint density at radius 2 is 2.35 bits per heavy atom. The first kappa shape index (κ1) is 12.6. The van der Waals surface area contributed by atoms with Crippen molar-refractivity contribution in [1.29, 1.82) is 0 Å². The zero-order valence-electron chi connectivity index (χ0n) is 10.7. The lowest BCUT2D eigenvalue weighted by atomic mass is 9.87. The van der Waals surface area contributed by atoms with Gasteiger partial charge in [0.2, 0.25) is 0 Å². The Morgan fingerprint density at radius 1 is 1.53 bits per heavy atom. The van der Waals surface area contributed by atoms with Crippen LogP contribution in [0.25, 0.3) is 0 Å². The molecule has 2 atom stereocenters. The van der Waals surface area contributed by atoms with Gasteiger partial charge < -0.3 is 5.32 Å². The van der Waals surface area contributed by atoms with E-state index in [0.717, 1.165) is 30.1 Å². The fourth-order valence-electron chi connectivity index (χ4n) is 2.63. The summed E-state index contributed by atoms with van der Waals surface area (Å²) in [4.78, 5) is 13.1. The standard InChI is InChI=1S/C14H21NOS/c1-3-11-7-8-17-13(11)14(16)15-12-6-4-5-10(2)9-12/h7-8,10,12H,3-6,9H2,1-2H3,(H,15,16). The third-order valence-electron chi connectivity index (χ3n) is 3.61. The molecule has 1 N–H and O–H groups in total. The third-order valence-corrected chi connectivity index (χ3v) is 4.56. The van der Waals surface area contributed by atoms with E-state index in [-0.39, 0.29) is 5.91 Å². The molecule has 1 aromatic rings. The average Bonchev–Trinajstić information content (AvgIpc) is 2.77. The van der Waals surface area contributed by atoms with Gasteiger partial charge in [0.25, 0.3) is 5.91 Å². The molecular weight excluding hydrogens is 230 g/mol. The second-order valence-corrected chi connectivity index (χ2v) is 5.99. The molecule has 1 fully saturated rings. The Balaban J connectivity index is 1.97. The Morgan fingerprint density at radius 3 is 3.06 bits per heavy atom. The lowest BCUT2D eigenvalue weighted by Crippen LogP contribution is -2.37. The van der Waals surface area contributed by atoms with Gasteiger partial charge in [0.15, 0.2) is 0 Å². The van der Waals surface area contributed by atoms with Gasteiger partial charge in [0, 0.05) is 6.04 Å². The summed E-state index contributed by atoms with van der Waals surface area (Å²) in [6, 6.07) is 2.45. The number of nitrogens with one attached hydrogen (secondary N) is 1. The van der Waals surface area contributed by atoms with Gasteiger partial charge in [0.05, 0.1) is 4.88 Å². The Labute approximate surface area is 107 Å². The predicted molar refractivity (Wildman–Crippen MR) is 72.6 cm³/mol.